The second-order valence-electron chi connectivity index (χ2n) is 10.4. The summed E-state index contributed by atoms with van der Waals surface area (Å²) >= 11 is 6.42. The summed E-state index contributed by atoms with van der Waals surface area (Å²) in [5, 5.41) is 40.6. The molecule has 198 valence electrons. The van der Waals surface area contributed by atoms with Crippen LogP contribution in [-0.2, 0) is 11.2 Å². The monoisotopic (exact) mass is 526 g/mol. The summed E-state index contributed by atoms with van der Waals surface area (Å²) in [6, 6.07) is 12.6. The molecular formula is C27H33ClF2O6. The van der Waals surface area contributed by atoms with Gasteiger partial charge in [0.15, 0.2) is 0 Å². The van der Waals surface area contributed by atoms with Crippen molar-refractivity contribution in [3.05, 3.63) is 64.2 Å². The molecule has 9 heteroatoms. The summed E-state index contributed by atoms with van der Waals surface area (Å²) in [6.45, 7) is 1.87. The second-order valence-corrected chi connectivity index (χ2v) is 10.8. The van der Waals surface area contributed by atoms with Gasteiger partial charge in [0.1, 0.15) is 36.3 Å². The van der Waals surface area contributed by atoms with Crippen molar-refractivity contribution >= 4 is 11.6 Å². The van der Waals surface area contributed by atoms with Gasteiger partial charge in [-0.2, -0.15) is 0 Å². The van der Waals surface area contributed by atoms with Crippen LogP contribution in [0.4, 0.5) is 8.78 Å². The summed E-state index contributed by atoms with van der Waals surface area (Å²) in [4.78, 5) is 0. The Labute approximate surface area is 214 Å². The van der Waals surface area contributed by atoms with E-state index in [2.05, 4.69) is 0 Å². The lowest BCUT2D eigenvalue weighted by molar-refractivity contribution is -0.231. The van der Waals surface area contributed by atoms with Crippen LogP contribution >= 0.6 is 11.6 Å². The normalized spacial score (nSPS) is 29.6. The minimum absolute atomic E-state index is 0.102. The standard InChI is InChI=1S/C27H33ClF2O6/c1-26(8-10-27(29,30)11-9-26)15-35-19-5-2-16(3-6-19)12-18-13-17(4-7-20(18)28)25-24(34)23(33)22(32)21(14-31)36-25/h2-7,13,21-25,31-34H,8-12,14-15H2,1H3/t21-,22-,23+,24-,25+/m1/s1. The van der Waals surface area contributed by atoms with Gasteiger partial charge in [-0.1, -0.05) is 42.8 Å². The van der Waals surface area contributed by atoms with E-state index < -0.39 is 43.0 Å². The van der Waals surface area contributed by atoms with Crippen molar-refractivity contribution in [1.29, 1.82) is 0 Å². The molecule has 1 heterocycles. The first-order valence-corrected chi connectivity index (χ1v) is 12.6. The first-order chi connectivity index (χ1) is 17.0. The van der Waals surface area contributed by atoms with Crippen molar-refractivity contribution in [2.24, 2.45) is 5.41 Å². The topological polar surface area (TPSA) is 99.4 Å². The molecule has 0 unspecified atom stereocenters. The second kappa shape index (κ2) is 10.9. The third-order valence-electron chi connectivity index (χ3n) is 7.38. The highest BCUT2D eigenvalue weighted by atomic mass is 35.5. The van der Waals surface area contributed by atoms with Crippen LogP contribution in [0.5, 0.6) is 5.75 Å². The predicted molar refractivity (Wildman–Crippen MR) is 130 cm³/mol. The van der Waals surface area contributed by atoms with Crippen LogP contribution in [0, 0.1) is 5.41 Å². The quantitative estimate of drug-likeness (QED) is 0.434. The SMILES string of the molecule is CC1(COc2ccc(Cc3cc([C@@H]4O[C@H](CO)[C@@H](O)[C@H](O)[C@H]4O)ccc3Cl)cc2)CCC(F)(F)CC1. The number of rotatable bonds is 7. The van der Waals surface area contributed by atoms with E-state index in [-0.39, 0.29) is 18.3 Å². The zero-order chi connectivity index (χ0) is 26.1. The summed E-state index contributed by atoms with van der Waals surface area (Å²) in [5.41, 5.74) is 2.03. The van der Waals surface area contributed by atoms with Gasteiger partial charge in [-0.05, 0) is 54.2 Å². The maximum absolute atomic E-state index is 13.5. The molecule has 2 aromatic rings. The molecule has 1 saturated heterocycles. The van der Waals surface area contributed by atoms with E-state index in [9.17, 15) is 29.2 Å². The Hall–Kier alpha value is -1.81. The molecule has 36 heavy (non-hydrogen) atoms. The van der Waals surface area contributed by atoms with Gasteiger partial charge in [0.05, 0.1) is 13.2 Å². The molecule has 4 N–H and O–H groups in total. The molecule has 2 aliphatic rings. The maximum atomic E-state index is 13.5. The fourth-order valence-corrected chi connectivity index (χ4v) is 5.01. The zero-order valence-corrected chi connectivity index (χ0v) is 20.9. The highest BCUT2D eigenvalue weighted by molar-refractivity contribution is 6.31. The minimum Gasteiger partial charge on any atom is -0.493 e. The van der Waals surface area contributed by atoms with Crippen LogP contribution in [-0.4, -0.2) is 64.0 Å². The van der Waals surface area contributed by atoms with E-state index in [1.54, 1.807) is 18.2 Å². The van der Waals surface area contributed by atoms with Crippen LogP contribution in [0.2, 0.25) is 5.02 Å². The number of aliphatic hydroxyl groups is 4. The van der Waals surface area contributed by atoms with E-state index in [0.717, 1.165) is 11.1 Å². The number of halogens is 3. The lowest BCUT2D eigenvalue weighted by Crippen LogP contribution is -2.55. The van der Waals surface area contributed by atoms with E-state index >= 15 is 0 Å². The Kier molecular flexibility index (Phi) is 8.24. The average Bonchev–Trinajstić information content (AvgIpc) is 2.86. The van der Waals surface area contributed by atoms with Crippen molar-refractivity contribution in [2.45, 2.75) is 75.5 Å². The third-order valence-corrected chi connectivity index (χ3v) is 7.75. The minimum atomic E-state index is -2.57. The lowest BCUT2D eigenvalue weighted by atomic mass is 9.75. The molecule has 1 saturated carbocycles. The number of aliphatic hydroxyl groups excluding tert-OH is 4. The molecule has 1 aliphatic carbocycles. The van der Waals surface area contributed by atoms with Gasteiger partial charge in [-0.3, -0.25) is 0 Å². The predicted octanol–water partition coefficient (Wildman–Crippen LogP) is 4.04. The number of ether oxygens (including phenoxy) is 2. The van der Waals surface area contributed by atoms with Crippen molar-refractivity contribution < 1.29 is 38.7 Å². The molecule has 0 bridgehead atoms. The van der Waals surface area contributed by atoms with Crippen LogP contribution in [0.15, 0.2) is 42.5 Å². The Morgan fingerprint density at radius 2 is 1.64 bits per heavy atom. The van der Waals surface area contributed by atoms with E-state index in [4.69, 9.17) is 21.1 Å². The lowest BCUT2D eigenvalue weighted by Gasteiger charge is -2.40. The van der Waals surface area contributed by atoms with Crippen molar-refractivity contribution in [1.82, 2.24) is 0 Å². The van der Waals surface area contributed by atoms with Crippen LogP contribution in [0.1, 0.15) is 55.4 Å². The van der Waals surface area contributed by atoms with Gasteiger partial charge in [-0.15, -0.1) is 0 Å². The summed E-state index contributed by atoms with van der Waals surface area (Å²) in [7, 11) is 0. The third kappa shape index (κ3) is 6.18. The van der Waals surface area contributed by atoms with Gasteiger partial charge in [-0.25, -0.2) is 8.78 Å². The number of hydrogen-bond acceptors (Lipinski definition) is 6. The smallest absolute Gasteiger partial charge is 0.248 e. The Balaban J connectivity index is 1.41. The van der Waals surface area contributed by atoms with Gasteiger partial charge in [0.2, 0.25) is 5.92 Å². The Morgan fingerprint density at radius 3 is 2.28 bits per heavy atom. The number of benzene rings is 2. The molecule has 0 spiro atoms. The molecule has 1 aliphatic heterocycles. The van der Waals surface area contributed by atoms with E-state index in [1.165, 1.54) is 0 Å². The molecule has 5 atom stereocenters. The molecule has 0 radical (unpaired) electrons. The van der Waals surface area contributed by atoms with Crippen molar-refractivity contribution in [2.75, 3.05) is 13.2 Å². The fraction of sp³-hybridized carbons (Fsp3) is 0.556. The van der Waals surface area contributed by atoms with Crippen LogP contribution < -0.4 is 4.74 Å². The molecule has 4 rings (SSSR count). The largest absolute Gasteiger partial charge is 0.493 e. The van der Waals surface area contributed by atoms with Crippen molar-refractivity contribution in [3.8, 4) is 5.75 Å². The first-order valence-electron chi connectivity index (χ1n) is 12.2. The van der Waals surface area contributed by atoms with Gasteiger partial charge in [0, 0.05) is 23.3 Å². The number of alkyl halides is 2. The molecular weight excluding hydrogens is 494 g/mol. The maximum Gasteiger partial charge on any atom is 0.248 e. The summed E-state index contributed by atoms with van der Waals surface area (Å²) in [5.74, 6) is -1.90. The van der Waals surface area contributed by atoms with Gasteiger partial charge >= 0.3 is 0 Å². The fourth-order valence-electron chi connectivity index (χ4n) is 4.83. The highest BCUT2D eigenvalue weighted by Gasteiger charge is 2.44. The molecule has 0 aromatic heterocycles. The van der Waals surface area contributed by atoms with Gasteiger partial charge in [0.25, 0.3) is 0 Å². The van der Waals surface area contributed by atoms with Crippen molar-refractivity contribution in [3.63, 3.8) is 0 Å². The molecule has 0 amide bonds. The molecule has 2 fully saturated rings. The summed E-state index contributed by atoms with van der Waals surface area (Å²) in [6.07, 6.45) is -5.04. The number of hydrogen-bond donors (Lipinski definition) is 4. The Morgan fingerprint density at radius 1 is 0.972 bits per heavy atom. The summed E-state index contributed by atoms with van der Waals surface area (Å²) < 4.78 is 38.5. The Bertz CT molecular complexity index is 1020. The first kappa shape index (κ1) is 27.2. The molecule has 2 aromatic carbocycles. The van der Waals surface area contributed by atoms with Crippen LogP contribution in [0.25, 0.3) is 0 Å². The average molecular weight is 527 g/mol. The zero-order valence-electron chi connectivity index (χ0n) is 20.1. The van der Waals surface area contributed by atoms with E-state index in [0.29, 0.717) is 42.2 Å². The van der Waals surface area contributed by atoms with E-state index in [1.807, 2.05) is 31.2 Å². The molecule has 6 nitrogen and oxygen atoms in total. The van der Waals surface area contributed by atoms with Crippen LogP contribution in [0.3, 0.4) is 0 Å². The highest BCUT2D eigenvalue weighted by Crippen LogP contribution is 2.43. The van der Waals surface area contributed by atoms with Gasteiger partial charge < -0.3 is 29.9 Å².